The number of hydrogen-bond acceptors (Lipinski definition) is 4. The molecule has 0 saturated heterocycles. The molecule has 0 atom stereocenters. The van der Waals surface area contributed by atoms with Crippen molar-refractivity contribution in [1.29, 1.82) is 0 Å². The van der Waals surface area contributed by atoms with Crippen molar-refractivity contribution in [2.24, 2.45) is 0 Å². The van der Waals surface area contributed by atoms with E-state index in [9.17, 15) is 0 Å². The number of nitrogens with one attached hydrogen (secondary N) is 2. The predicted octanol–water partition coefficient (Wildman–Crippen LogP) is 2.66. The highest BCUT2D eigenvalue weighted by atomic mass is 15.2. The number of nitrogens with zero attached hydrogens (tertiary/aromatic N) is 4. The molecule has 2 N–H and O–H groups in total. The molecular formula is C14H12N6. The number of aromatic nitrogens is 5. The summed E-state index contributed by atoms with van der Waals surface area (Å²) >= 11 is 0. The van der Waals surface area contributed by atoms with E-state index in [-0.39, 0.29) is 0 Å². The largest absolute Gasteiger partial charge is 0.338 e. The van der Waals surface area contributed by atoms with Gasteiger partial charge in [-0.25, -0.2) is 9.50 Å². The molecule has 0 spiro atoms. The van der Waals surface area contributed by atoms with Crippen molar-refractivity contribution in [2.45, 2.75) is 6.92 Å². The summed E-state index contributed by atoms with van der Waals surface area (Å²) in [5.74, 6) is 0.797. The van der Waals surface area contributed by atoms with Crippen LogP contribution in [0.2, 0.25) is 0 Å². The monoisotopic (exact) mass is 264 g/mol. The highest BCUT2D eigenvalue weighted by Crippen LogP contribution is 2.24. The molecule has 0 aliphatic heterocycles. The van der Waals surface area contributed by atoms with Gasteiger partial charge in [0.25, 0.3) is 0 Å². The second-order valence-electron chi connectivity index (χ2n) is 4.70. The fourth-order valence-corrected chi connectivity index (χ4v) is 2.36. The zero-order chi connectivity index (χ0) is 13.5. The molecule has 4 aromatic rings. The van der Waals surface area contributed by atoms with Gasteiger partial charge < -0.3 is 5.32 Å². The van der Waals surface area contributed by atoms with Crippen LogP contribution < -0.4 is 5.32 Å². The first-order chi connectivity index (χ1) is 9.81. The molecule has 3 heterocycles. The fourth-order valence-electron chi connectivity index (χ4n) is 2.36. The zero-order valence-corrected chi connectivity index (χ0v) is 10.8. The fraction of sp³-hybridized carbons (Fsp3) is 0.0714. The van der Waals surface area contributed by atoms with Gasteiger partial charge in [0.2, 0.25) is 0 Å². The predicted molar refractivity (Wildman–Crippen MR) is 77.1 cm³/mol. The van der Waals surface area contributed by atoms with Crippen molar-refractivity contribution in [2.75, 3.05) is 5.32 Å². The van der Waals surface area contributed by atoms with E-state index in [1.807, 2.05) is 41.9 Å². The Balaban J connectivity index is 1.81. The average molecular weight is 264 g/mol. The molecule has 98 valence electrons. The van der Waals surface area contributed by atoms with Gasteiger partial charge in [0, 0.05) is 17.3 Å². The Morgan fingerprint density at radius 3 is 3.15 bits per heavy atom. The molecule has 4 rings (SSSR count). The van der Waals surface area contributed by atoms with Gasteiger partial charge in [0.15, 0.2) is 5.82 Å². The third-order valence-corrected chi connectivity index (χ3v) is 3.36. The number of aromatic amines is 1. The third-order valence-electron chi connectivity index (χ3n) is 3.36. The highest BCUT2D eigenvalue weighted by Gasteiger charge is 2.07. The van der Waals surface area contributed by atoms with Crippen LogP contribution in [0.25, 0.3) is 16.4 Å². The van der Waals surface area contributed by atoms with E-state index in [1.54, 1.807) is 12.5 Å². The molecule has 0 bridgehead atoms. The maximum Gasteiger partial charge on any atom is 0.158 e. The Morgan fingerprint density at radius 2 is 2.20 bits per heavy atom. The molecule has 0 saturated carbocycles. The third kappa shape index (κ3) is 1.62. The molecule has 0 aliphatic rings. The van der Waals surface area contributed by atoms with Gasteiger partial charge in [0.1, 0.15) is 11.8 Å². The Bertz CT molecular complexity index is 904. The normalized spacial score (nSPS) is 11.2. The molecule has 6 heteroatoms. The van der Waals surface area contributed by atoms with E-state index >= 15 is 0 Å². The van der Waals surface area contributed by atoms with Gasteiger partial charge in [-0.2, -0.15) is 10.2 Å². The Labute approximate surface area is 114 Å². The SMILES string of the molecule is Cc1ccn2ncnc(Nc3ccc4[nH]ncc4c3)c12. The molecule has 6 nitrogen and oxygen atoms in total. The van der Waals surface area contributed by atoms with Crippen LogP contribution in [0.15, 0.2) is 43.0 Å². The van der Waals surface area contributed by atoms with Gasteiger partial charge in [-0.3, -0.25) is 5.10 Å². The molecule has 0 unspecified atom stereocenters. The summed E-state index contributed by atoms with van der Waals surface area (Å²) in [4.78, 5) is 4.34. The number of benzene rings is 1. The standard InChI is InChI=1S/C14H12N6/c1-9-4-5-20-13(9)14(15-8-17-20)18-11-2-3-12-10(6-11)7-16-19-12/h2-8H,1H3,(H,16,19)(H,15,17,18). The van der Waals surface area contributed by atoms with Crippen LogP contribution in [0.1, 0.15) is 5.56 Å². The minimum absolute atomic E-state index is 0.797. The van der Waals surface area contributed by atoms with Crippen LogP contribution in [-0.4, -0.2) is 24.8 Å². The molecule has 0 amide bonds. The average Bonchev–Trinajstić information content (AvgIpc) is 3.06. The maximum atomic E-state index is 4.34. The first-order valence-corrected chi connectivity index (χ1v) is 6.30. The quantitative estimate of drug-likeness (QED) is 0.584. The van der Waals surface area contributed by atoms with Crippen LogP contribution in [0, 0.1) is 6.92 Å². The van der Waals surface area contributed by atoms with Gasteiger partial charge in [-0.05, 0) is 36.8 Å². The molecule has 20 heavy (non-hydrogen) atoms. The van der Waals surface area contributed by atoms with Crippen LogP contribution in [0.3, 0.4) is 0 Å². The zero-order valence-electron chi connectivity index (χ0n) is 10.8. The van der Waals surface area contributed by atoms with Crippen molar-refractivity contribution < 1.29 is 0 Å². The molecule has 1 aromatic carbocycles. The Kier molecular flexibility index (Phi) is 2.23. The number of H-pyrrole nitrogens is 1. The van der Waals surface area contributed by atoms with E-state index < -0.39 is 0 Å². The van der Waals surface area contributed by atoms with E-state index in [0.717, 1.165) is 33.5 Å². The number of fused-ring (bicyclic) bond motifs is 2. The molecule has 0 fully saturated rings. The summed E-state index contributed by atoms with van der Waals surface area (Å²) in [5, 5.41) is 15.6. The molecule has 3 aromatic heterocycles. The van der Waals surface area contributed by atoms with E-state index in [4.69, 9.17) is 0 Å². The summed E-state index contributed by atoms with van der Waals surface area (Å²) in [5.41, 5.74) is 4.11. The summed E-state index contributed by atoms with van der Waals surface area (Å²) in [6.45, 7) is 2.04. The summed E-state index contributed by atoms with van der Waals surface area (Å²) in [7, 11) is 0. The second-order valence-corrected chi connectivity index (χ2v) is 4.70. The number of anilines is 2. The lowest BCUT2D eigenvalue weighted by Crippen LogP contribution is -2.00. The van der Waals surface area contributed by atoms with Crippen LogP contribution in [0.5, 0.6) is 0 Å². The van der Waals surface area contributed by atoms with Crippen molar-refractivity contribution in [3.05, 3.63) is 48.5 Å². The minimum atomic E-state index is 0.797. The van der Waals surface area contributed by atoms with Gasteiger partial charge in [0.05, 0.1) is 11.7 Å². The highest BCUT2D eigenvalue weighted by molar-refractivity contribution is 5.84. The van der Waals surface area contributed by atoms with Crippen molar-refractivity contribution in [1.82, 2.24) is 24.8 Å². The van der Waals surface area contributed by atoms with Crippen molar-refractivity contribution in [3.8, 4) is 0 Å². The van der Waals surface area contributed by atoms with Crippen molar-refractivity contribution >= 4 is 27.9 Å². The van der Waals surface area contributed by atoms with Crippen molar-refractivity contribution in [3.63, 3.8) is 0 Å². The van der Waals surface area contributed by atoms with Crippen LogP contribution in [0.4, 0.5) is 11.5 Å². The summed E-state index contributed by atoms with van der Waals surface area (Å²) < 4.78 is 1.82. The Hall–Kier alpha value is -2.89. The lowest BCUT2D eigenvalue weighted by Gasteiger charge is -2.07. The number of rotatable bonds is 2. The Morgan fingerprint density at radius 1 is 1.25 bits per heavy atom. The topological polar surface area (TPSA) is 70.9 Å². The minimum Gasteiger partial charge on any atom is -0.338 e. The maximum absolute atomic E-state index is 4.34. The molecule has 0 radical (unpaired) electrons. The molecular weight excluding hydrogens is 252 g/mol. The van der Waals surface area contributed by atoms with E-state index in [0.29, 0.717) is 0 Å². The number of hydrogen-bond donors (Lipinski definition) is 2. The second kappa shape index (κ2) is 4.06. The summed E-state index contributed by atoms with van der Waals surface area (Å²) in [6.07, 6.45) is 5.28. The van der Waals surface area contributed by atoms with E-state index in [2.05, 4.69) is 25.6 Å². The van der Waals surface area contributed by atoms with Crippen LogP contribution >= 0.6 is 0 Å². The van der Waals surface area contributed by atoms with Crippen LogP contribution in [-0.2, 0) is 0 Å². The van der Waals surface area contributed by atoms with E-state index in [1.165, 1.54) is 0 Å². The first-order valence-electron chi connectivity index (χ1n) is 6.30. The van der Waals surface area contributed by atoms with Gasteiger partial charge >= 0.3 is 0 Å². The molecule has 0 aliphatic carbocycles. The lowest BCUT2D eigenvalue weighted by atomic mass is 10.2. The van der Waals surface area contributed by atoms with Gasteiger partial charge in [-0.1, -0.05) is 0 Å². The summed E-state index contributed by atoms with van der Waals surface area (Å²) in [6, 6.07) is 8.05. The smallest absolute Gasteiger partial charge is 0.158 e. The lowest BCUT2D eigenvalue weighted by molar-refractivity contribution is 0.905. The number of aryl methyl sites for hydroxylation is 1. The first kappa shape index (κ1) is 11.0. The van der Waals surface area contributed by atoms with Gasteiger partial charge in [-0.15, -0.1) is 0 Å².